The molecule has 1 saturated heterocycles. The number of carbonyl (C=O) groups is 1. The maximum absolute atomic E-state index is 13.7. The van der Waals surface area contributed by atoms with Crippen LogP contribution in [0.1, 0.15) is 18.4 Å². The quantitative estimate of drug-likeness (QED) is 0.724. The van der Waals surface area contributed by atoms with Crippen molar-refractivity contribution in [2.24, 2.45) is 5.92 Å². The SMILES string of the molecule is O=C(NCc1ccccc1F)C1CCCN(c2ccc(-n3cncn3)nn2)C1. The summed E-state index contributed by atoms with van der Waals surface area (Å²) < 4.78 is 15.2. The molecule has 1 aliphatic heterocycles. The van der Waals surface area contributed by atoms with Gasteiger partial charge in [0.25, 0.3) is 0 Å². The van der Waals surface area contributed by atoms with Gasteiger partial charge < -0.3 is 10.2 Å². The fourth-order valence-electron chi connectivity index (χ4n) is 3.30. The Morgan fingerprint density at radius 2 is 2.00 bits per heavy atom. The molecule has 0 saturated carbocycles. The highest BCUT2D eigenvalue weighted by atomic mass is 19.1. The first kappa shape index (κ1) is 18.0. The number of nitrogens with one attached hydrogen (secondary N) is 1. The smallest absolute Gasteiger partial charge is 0.225 e. The molecular formula is C19H20FN7O. The first-order valence-corrected chi connectivity index (χ1v) is 9.15. The van der Waals surface area contributed by atoms with Crippen molar-refractivity contribution >= 4 is 11.7 Å². The first-order chi connectivity index (χ1) is 13.7. The molecule has 8 nitrogen and oxygen atoms in total. The molecule has 1 atom stereocenters. The summed E-state index contributed by atoms with van der Waals surface area (Å²) in [6, 6.07) is 10.1. The largest absolute Gasteiger partial charge is 0.354 e. The Kier molecular flexibility index (Phi) is 5.22. The summed E-state index contributed by atoms with van der Waals surface area (Å²) >= 11 is 0. The Morgan fingerprint density at radius 3 is 2.75 bits per heavy atom. The van der Waals surface area contributed by atoms with Crippen LogP contribution in [0.25, 0.3) is 5.82 Å². The monoisotopic (exact) mass is 381 g/mol. The number of halogens is 1. The summed E-state index contributed by atoms with van der Waals surface area (Å²) in [4.78, 5) is 18.5. The zero-order valence-electron chi connectivity index (χ0n) is 15.2. The Balaban J connectivity index is 1.37. The van der Waals surface area contributed by atoms with E-state index in [2.05, 4.69) is 30.5 Å². The average molecular weight is 381 g/mol. The van der Waals surface area contributed by atoms with Crippen molar-refractivity contribution in [3.05, 3.63) is 60.4 Å². The molecule has 0 spiro atoms. The fourth-order valence-corrected chi connectivity index (χ4v) is 3.30. The van der Waals surface area contributed by atoms with Crippen LogP contribution >= 0.6 is 0 Å². The molecule has 1 aliphatic rings. The van der Waals surface area contributed by atoms with Gasteiger partial charge in [-0.15, -0.1) is 10.2 Å². The van der Waals surface area contributed by atoms with E-state index in [1.165, 1.54) is 17.1 Å². The highest BCUT2D eigenvalue weighted by molar-refractivity contribution is 5.79. The number of nitrogens with zero attached hydrogens (tertiary/aromatic N) is 6. The lowest BCUT2D eigenvalue weighted by Crippen LogP contribution is -2.43. The lowest BCUT2D eigenvalue weighted by molar-refractivity contribution is -0.125. The molecule has 1 amide bonds. The first-order valence-electron chi connectivity index (χ1n) is 9.15. The van der Waals surface area contributed by atoms with Gasteiger partial charge in [0.1, 0.15) is 18.5 Å². The molecule has 9 heteroatoms. The van der Waals surface area contributed by atoms with Crippen molar-refractivity contribution in [2.45, 2.75) is 19.4 Å². The van der Waals surface area contributed by atoms with Crippen LogP contribution in [0.4, 0.5) is 10.2 Å². The Bertz CT molecular complexity index is 930. The van der Waals surface area contributed by atoms with Crippen molar-refractivity contribution in [1.82, 2.24) is 30.3 Å². The predicted molar refractivity (Wildman–Crippen MR) is 100 cm³/mol. The summed E-state index contributed by atoms with van der Waals surface area (Å²) in [5.41, 5.74) is 0.484. The van der Waals surface area contributed by atoms with Crippen LogP contribution in [0.3, 0.4) is 0 Å². The normalized spacial score (nSPS) is 16.8. The second kappa shape index (κ2) is 8.12. The second-order valence-corrected chi connectivity index (χ2v) is 6.68. The minimum absolute atomic E-state index is 0.0693. The van der Waals surface area contributed by atoms with E-state index in [-0.39, 0.29) is 24.2 Å². The molecule has 1 unspecified atom stereocenters. The summed E-state index contributed by atoms with van der Waals surface area (Å²) in [5, 5.41) is 15.3. The van der Waals surface area contributed by atoms with E-state index < -0.39 is 0 Å². The third-order valence-electron chi connectivity index (χ3n) is 4.82. The van der Waals surface area contributed by atoms with Crippen molar-refractivity contribution in [2.75, 3.05) is 18.0 Å². The van der Waals surface area contributed by atoms with Crippen molar-refractivity contribution in [3.8, 4) is 5.82 Å². The Labute approximate surface area is 161 Å². The van der Waals surface area contributed by atoms with Gasteiger partial charge in [-0.2, -0.15) is 5.10 Å². The number of aromatic nitrogens is 5. The number of anilines is 1. The van der Waals surface area contributed by atoms with E-state index in [1.807, 2.05) is 12.1 Å². The molecule has 0 aliphatic carbocycles. The molecule has 0 radical (unpaired) electrons. The number of rotatable bonds is 5. The van der Waals surface area contributed by atoms with Crippen LogP contribution in [0.2, 0.25) is 0 Å². The average Bonchev–Trinajstić information content (AvgIpc) is 3.28. The van der Waals surface area contributed by atoms with E-state index in [0.717, 1.165) is 25.2 Å². The molecule has 28 heavy (non-hydrogen) atoms. The Morgan fingerprint density at radius 1 is 1.18 bits per heavy atom. The minimum Gasteiger partial charge on any atom is -0.354 e. The fraction of sp³-hybridized carbons (Fsp3) is 0.316. The van der Waals surface area contributed by atoms with Crippen molar-refractivity contribution in [1.29, 1.82) is 0 Å². The van der Waals surface area contributed by atoms with Gasteiger partial charge >= 0.3 is 0 Å². The van der Waals surface area contributed by atoms with E-state index in [9.17, 15) is 9.18 Å². The van der Waals surface area contributed by atoms with Gasteiger partial charge in [-0.25, -0.2) is 14.1 Å². The molecule has 2 aromatic heterocycles. The van der Waals surface area contributed by atoms with E-state index in [4.69, 9.17) is 0 Å². The van der Waals surface area contributed by atoms with Gasteiger partial charge in [0, 0.05) is 25.2 Å². The van der Waals surface area contributed by atoms with E-state index >= 15 is 0 Å². The number of benzene rings is 1. The van der Waals surface area contributed by atoms with E-state index in [1.54, 1.807) is 24.5 Å². The Hall–Kier alpha value is -3.36. The molecule has 144 valence electrons. The van der Waals surface area contributed by atoms with Crippen LogP contribution in [0.5, 0.6) is 0 Å². The van der Waals surface area contributed by atoms with Crippen LogP contribution in [-0.2, 0) is 11.3 Å². The molecule has 0 bridgehead atoms. The van der Waals surface area contributed by atoms with E-state index in [0.29, 0.717) is 17.9 Å². The number of hydrogen-bond acceptors (Lipinski definition) is 6. The summed E-state index contributed by atoms with van der Waals surface area (Å²) in [6.07, 6.45) is 4.67. The molecule has 4 rings (SSSR count). The zero-order valence-corrected chi connectivity index (χ0v) is 15.2. The van der Waals surface area contributed by atoms with Gasteiger partial charge in [0.05, 0.1) is 5.92 Å². The summed E-state index contributed by atoms with van der Waals surface area (Å²) in [6.45, 7) is 1.56. The third-order valence-corrected chi connectivity index (χ3v) is 4.82. The highest BCUT2D eigenvalue weighted by Crippen LogP contribution is 2.22. The molecule has 1 N–H and O–H groups in total. The number of amides is 1. The second-order valence-electron chi connectivity index (χ2n) is 6.68. The molecule has 1 aromatic carbocycles. The highest BCUT2D eigenvalue weighted by Gasteiger charge is 2.26. The molecular weight excluding hydrogens is 361 g/mol. The zero-order chi connectivity index (χ0) is 19.3. The lowest BCUT2D eigenvalue weighted by Gasteiger charge is -2.32. The van der Waals surface area contributed by atoms with Crippen LogP contribution < -0.4 is 10.2 Å². The number of hydrogen-bond donors (Lipinski definition) is 1. The van der Waals surface area contributed by atoms with Crippen LogP contribution in [-0.4, -0.2) is 44.0 Å². The molecule has 3 heterocycles. The number of carbonyl (C=O) groups excluding carboxylic acids is 1. The van der Waals surface area contributed by atoms with Gasteiger partial charge in [-0.3, -0.25) is 4.79 Å². The summed E-state index contributed by atoms with van der Waals surface area (Å²) in [5.74, 6) is 0.751. The van der Waals surface area contributed by atoms with Gasteiger partial charge in [-0.05, 0) is 31.0 Å². The topological polar surface area (TPSA) is 88.8 Å². The van der Waals surface area contributed by atoms with Gasteiger partial charge in [0.2, 0.25) is 5.91 Å². The van der Waals surface area contributed by atoms with Gasteiger partial charge in [0.15, 0.2) is 11.6 Å². The van der Waals surface area contributed by atoms with Crippen LogP contribution in [0.15, 0.2) is 49.1 Å². The van der Waals surface area contributed by atoms with Crippen LogP contribution in [0, 0.1) is 11.7 Å². The molecule has 3 aromatic rings. The number of piperidine rings is 1. The van der Waals surface area contributed by atoms with Crippen molar-refractivity contribution in [3.63, 3.8) is 0 Å². The van der Waals surface area contributed by atoms with Crippen molar-refractivity contribution < 1.29 is 9.18 Å². The van der Waals surface area contributed by atoms with Gasteiger partial charge in [-0.1, -0.05) is 18.2 Å². The predicted octanol–water partition coefficient (Wildman–Crippen LogP) is 1.73. The minimum atomic E-state index is -0.309. The molecule has 1 fully saturated rings. The third kappa shape index (κ3) is 3.98. The lowest BCUT2D eigenvalue weighted by atomic mass is 9.97. The standard InChI is InChI=1S/C19H20FN7O/c20-16-6-2-1-4-14(16)10-22-19(28)15-5-3-9-26(11-15)17-7-8-18(25-24-17)27-13-21-12-23-27/h1-2,4,6-8,12-13,15H,3,5,9-11H2,(H,22,28). The maximum Gasteiger partial charge on any atom is 0.225 e. The summed E-state index contributed by atoms with van der Waals surface area (Å²) in [7, 11) is 0. The maximum atomic E-state index is 13.7.